The lowest BCUT2D eigenvalue weighted by atomic mass is 10.1. The van der Waals surface area contributed by atoms with Gasteiger partial charge in [0.25, 0.3) is 0 Å². The number of benzene rings is 1. The topological polar surface area (TPSA) is 58.9 Å². The fourth-order valence-electron chi connectivity index (χ4n) is 1.86. The number of para-hydroxylation sites is 1. The van der Waals surface area contributed by atoms with Crippen LogP contribution in [-0.4, -0.2) is 26.1 Å². The van der Waals surface area contributed by atoms with E-state index in [0.717, 1.165) is 22.3 Å². The predicted molar refractivity (Wildman–Crippen MR) is 76.9 cm³/mol. The molecule has 0 unspecified atom stereocenters. The Kier molecular flexibility index (Phi) is 2.92. The second-order valence-corrected chi connectivity index (χ2v) is 4.44. The van der Waals surface area contributed by atoms with Crippen LogP contribution in [0.5, 0.6) is 0 Å². The Hall–Kier alpha value is -2.34. The highest BCUT2D eigenvalue weighted by Crippen LogP contribution is 2.14. The monoisotopic (exact) mass is 269 g/mol. The van der Waals surface area contributed by atoms with Gasteiger partial charge in [0.15, 0.2) is 0 Å². The number of hydrogen-bond donors (Lipinski definition) is 1. The highest BCUT2D eigenvalue weighted by Gasteiger charge is 2.00. The van der Waals surface area contributed by atoms with E-state index < -0.39 is 0 Å². The summed E-state index contributed by atoms with van der Waals surface area (Å²) in [5.74, 6) is 0.717. The van der Waals surface area contributed by atoms with Crippen LogP contribution in [-0.2, 0) is 0 Å². The van der Waals surface area contributed by atoms with Gasteiger partial charge >= 0.3 is 0 Å². The molecule has 6 heteroatoms. The van der Waals surface area contributed by atoms with Gasteiger partial charge in [0.2, 0.25) is 4.77 Å². The molecular formula is C13H11N5S. The minimum atomic E-state index is 0.474. The van der Waals surface area contributed by atoms with Gasteiger partial charge in [0, 0.05) is 17.1 Å². The molecular weight excluding hydrogens is 258 g/mol. The number of aromatic amines is 1. The van der Waals surface area contributed by atoms with Crippen LogP contribution < -0.4 is 0 Å². The van der Waals surface area contributed by atoms with Crippen LogP contribution in [0.4, 0.5) is 0 Å². The third-order valence-corrected chi connectivity index (χ3v) is 3.05. The number of hydrogen-bond acceptors (Lipinski definition) is 4. The molecule has 3 aromatic rings. The Bertz CT molecular complexity index is 810. The third-order valence-electron chi connectivity index (χ3n) is 2.79. The second kappa shape index (κ2) is 4.74. The van der Waals surface area contributed by atoms with Gasteiger partial charge in [-0.05, 0) is 25.2 Å². The SMILES string of the molecule is Cc1n[nH]c(=S)n1/N=C/c1cccc2cccnc12. The zero-order chi connectivity index (χ0) is 13.2. The molecule has 19 heavy (non-hydrogen) atoms. The molecule has 0 saturated heterocycles. The molecule has 1 N–H and O–H groups in total. The van der Waals surface area contributed by atoms with Gasteiger partial charge in [-0.25, -0.2) is 0 Å². The summed E-state index contributed by atoms with van der Waals surface area (Å²) in [4.78, 5) is 4.38. The first-order valence-electron chi connectivity index (χ1n) is 5.78. The van der Waals surface area contributed by atoms with E-state index in [-0.39, 0.29) is 0 Å². The van der Waals surface area contributed by atoms with E-state index >= 15 is 0 Å². The highest BCUT2D eigenvalue weighted by atomic mass is 32.1. The highest BCUT2D eigenvalue weighted by molar-refractivity contribution is 7.71. The van der Waals surface area contributed by atoms with Crippen molar-refractivity contribution >= 4 is 29.3 Å². The lowest BCUT2D eigenvalue weighted by Crippen LogP contribution is -1.95. The minimum absolute atomic E-state index is 0.474. The van der Waals surface area contributed by atoms with Crippen molar-refractivity contribution in [3.05, 3.63) is 52.7 Å². The zero-order valence-corrected chi connectivity index (χ0v) is 11.1. The van der Waals surface area contributed by atoms with Crippen LogP contribution in [0, 0.1) is 11.7 Å². The van der Waals surface area contributed by atoms with Crippen molar-refractivity contribution in [3.63, 3.8) is 0 Å². The number of nitrogens with zero attached hydrogens (tertiary/aromatic N) is 4. The van der Waals surface area contributed by atoms with Crippen LogP contribution in [0.1, 0.15) is 11.4 Å². The van der Waals surface area contributed by atoms with Crippen LogP contribution in [0.15, 0.2) is 41.6 Å². The van der Waals surface area contributed by atoms with E-state index in [0.29, 0.717) is 4.77 Å². The Labute approximate surface area is 114 Å². The summed E-state index contributed by atoms with van der Waals surface area (Å²) in [6.45, 7) is 1.84. The quantitative estimate of drug-likeness (QED) is 0.575. The molecule has 0 atom stereocenters. The molecule has 5 nitrogen and oxygen atoms in total. The molecule has 0 aliphatic carbocycles. The number of rotatable bonds is 2. The number of fused-ring (bicyclic) bond motifs is 1. The van der Waals surface area contributed by atoms with Crippen molar-refractivity contribution in [3.8, 4) is 0 Å². The van der Waals surface area contributed by atoms with Gasteiger partial charge in [-0.2, -0.15) is 14.9 Å². The third kappa shape index (κ3) is 2.17. The van der Waals surface area contributed by atoms with Crippen molar-refractivity contribution in [2.24, 2.45) is 5.10 Å². The Morgan fingerprint density at radius 2 is 2.16 bits per heavy atom. The molecule has 2 heterocycles. The predicted octanol–water partition coefficient (Wildman–Crippen LogP) is 2.68. The summed E-state index contributed by atoms with van der Waals surface area (Å²) < 4.78 is 2.05. The van der Waals surface area contributed by atoms with Crippen molar-refractivity contribution in [1.82, 2.24) is 19.9 Å². The van der Waals surface area contributed by atoms with E-state index in [9.17, 15) is 0 Å². The number of H-pyrrole nitrogens is 1. The van der Waals surface area contributed by atoms with Crippen LogP contribution in [0.2, 0.25) is 0 Å². The largest absolute Gasteiger partial charge is 0.256 e. The van der Waals surface area contributed by atoms with Crippen molar-refractivity contribution in [2.75, 3.05) is 0 Å². The van der Waals surface area contributed by atoms with E-state index in [2.05, 4.69) is 20.3 Å². The van der Waals surface area contributed by atoms with Crippen molar-refractivity contribution in [2.45, 2.75) is 6.92 Å². The Balaban J connectivity index is 2.09. The standard InChI is InChI=1S/C13H11N5S/c1-9-16-17-13(19)18(9)15-8-11-5-2-4-10-6-3-7-14-12(10)11/h2-8H,1H3,(H,17,19)/b15-8+. The maximum atomic E-state index is 5.10. The molecule has 0 aliphatic rings. The van der Waals surface area contributed by atoms with Gasteiger partial charge in [0.05, 0.1) is 11.7 Å². The molecule has 0 spiro atoms. The molecule has 0 aliphatic heterocycles. The zero-order valence-electron chi connectivity index (χ0n) is 10.2. The minimum Gasteiger partial charge on any atom is -0.256 e. The maximum absolute atomic E-state index is 5.10. The van der Waals surface area contributed by atoms with Gasteiger partial charge in [-0.15, -0.1) is 0 Å². The molecule has 0 saturated carbocycles. The first-order chi connectivity index (χ1) is 9.25. The van der Waals surface area contributed by atoms with E-state index in [1.807, 2.05) is 37.3 Å². The molecule has 3 rings (SSSR count). The summed E-state index contributed by atoms with van der Waals surface area (Å²) in [7, 11) is 0. The molecule has 94 valence electrons. The smallest absolute Gasteiger partial charge is 0.216 e. The van der Waals surface area contributed by atoms with Crippen LogP contribution >= 0.6 is 12.2 Å². The molecule has 0 amide bonds. The molecule has 0 radical (unpaired) electrons. The van der Waals surface area contributed by atoms with Crippen LogP contribution in [0.25, 0.3) is 10.9 Å². The number of nitrogens with one attached hydrogen (secondary N) is 1. The van der Waals surface area contributed by atoms with Crippen LogP contribution in [0.3, 0.4) is 0 Å². The summed E-state index contributed by atoms with van der Waals surface area (Å²) >= 11 is 5.10. The molecule has 1 aromatic carbocycles. The summed E-state index contributed by atoms with van der Waals surface area (Å²) in [5.41, 5.74) is 1.86. The van der Waals surface area contributed by atoms with Crippen molar-refractivity contribution in [1.29, 1.82) is 0 Å². The molecule has 2 aromatic heterocycles. The average Bonchev–Trinajstić information content (AvgIpc) is 2.76. The molecule has 0 bridgehead atoms. The van der Waals surface area contributed by atoms with Gasteiger partial charge < -0.3 is 0 Å². The van der Waals surface area contributed by atoms with E-state index in [1.54, 1.807) is 17.1 Å². The number of aryl methyl sites for hydroxylation is 1. The van der Waals surface area contributed by atoms with E-state index in [1.165, 1.54) is 0 Å². The first kappa shape index (κ1) is 11.7. The fourth-order valence-corrected chi connectivity index (χ4v) is 2.08. The first-order valence-corrected chi connectivity index (χ1v) is 6.18. The van der Waals surface area contributed by atoms with Gasteiger partial charge in [0.1, 0.15) is 5.82 Å². The Morgan fingerprint density at radius 1 is 1.32 bits per heavy atom. The number of pyridine rings is 1. The van der Waals surface area contributed by atoms with Gasteiger partial charge in [-0.3, -0.25) is 10.1 Å². The van der Waals surface area contributed by atoms with Gasteiger partial charge in [-0.1, -0.05) is 24.3 Å². The van der Waals surface area contributed by atoms with Crippen molar-refractivity contribution < 1.29 is 0 Å². The van der Waals surface area contributed by atoms with E-state index in [4.69, 9.17) is 12.2 Å². The second-order valence-electron chi connectivity index (χ2n) is 4.05. The lowest BCUT2D eigenvalue weighted by Gasteiger charge is -2.00. The molecule has 0 fully saturated rings. The fraction of sp³-hybridized carbons (Fsp3) is 0.0769. The summed E-state index contributed by atoms with van der Waals surface area (Å²) in [6, 6.07) is 9.91. The normalized spacial score (nSPS) is 11.4. The Morgan fingerprint density at radius 3 is 2.95 bits per heavy atom. The summed E-state index contributed by atoms with van der Waals surface area (Å²) in [6.07, 6.45) is 3.52. The maximum Gasteiger partial charge on any atom is 0.216 e. The summed E-state index contributed by atoms with van der Waals surface area (Å²) in [5, 5.41) is 12.1. The average molecular weight is 269 g/mol. The lowest BCUT2D eigenvalue weighted by molar-refractivity contribution is 0.821. The number of aromatic nitrogens is 4.